The molecule has 0 radical (unpaired) electrons. The highest BCUT2D eigenvalue weighted by Gasteiger charge is 2.34. The molecule has 0 aliphatic carbocycles. The fourth-order valence-electron chi connectivity index (χ4n) is 5.45. The second-order valence-corrected chi connectivity index (χ2v) is 11.2. The van der Waals surface area contributed by atoms with E-state index in [1.54, 1.807) is 18.2 Å². The van der Waals surface area contributed by atoms with Crippen LogP contribution >= 0.6 is 0 Å². The number of carbonyl (C=O) groups excluding carboxylic acids is 1. The average Bonchev–Trinajstić information content (AvgIpc) is 3.02. The van der Waals surface area contributed by atoms with E-state index in [4.69, 9.17) is 4.74 Å². The minimum Gasteiger partial charge on any atom is -0.486 e. The lowest BCUT2D eigenvalue weighted by molar-refractivity contribution is -0.143. The molecule has 2 saturated heterocycles. The van der Waals surface area contributed by atoms with Crippen molar-refractivity contribution >= 4 is 23.2 Å². The number of carbonyl (C=O) groups is 1. The molecule has 0 spiro atoms. The number of ether oxygens (including phenoxy) is 1. The molecule has 2 fully saturated rings. The smallest absolute Gasteiger partial charge is 0.251 e. The Morgan fingerprint density at radius 2 is 1.86 bits per heavy atom. The van der Waals surface area contributed by atoms with Gasteiger partial charge in [0.25, 0.3) is 5.91 Å². The number of β-amino-alcohol motifs (C(OH)–C–C–N with tert-alkyl or cyclic N) is 1. The zero-order chi connectivity index (χ0) is 31.2. The quantitative estimate of drug-likeness (QED) is 0.330. The fourth-order valence-corrected chi connectivity index (χ4v) is 5.45. The Balaban J connectivity index is 1.21. The SMILES string of the molecule is C[C@H](O)CN1CCN(c2ccc(Nc3ncnc(-c4ccc(O[C@H]5CCN(C(=O)[C@H](C)O)C[C@@H]5F)c(C#N)c4)n3)cc2)CC1. The number of hydrogen-bond donors (Lipinski definition) is 3. The number of likely N-dealkylation sites (tertiary alicyclic amines) is 1. The fraction of sp³-hybridized carbons (Fsp3) is 0.452. The first-order valence-electron chi connectivity index (χ1n) is 14.7. The third kappa shape index (κ3) is 7.57. The van der Waals surface area contributed by atoms with Crippen molar-refractivity contribution < 1.29 is 24.1 Å². The van der Waals surface area contributed by atoms with E-state index < -0.39 is 24.3 Å². The molecular formula is C31H37FN8O4. The molecule has 1 aromatic heterocycles. The van der Waals surface area contributed by atoms with Crippen LogP contribution in [0.25, 0.3) is 11.4 Å². The lowest BCUT2D eigenvalue weighted by atomic mass is 10.0. The van der Waals surface area contributed by atoms with Crippen LogP contribution < -0.4 is 15.0 Å². The van der Waals surface area contributed by atoms with Gasteiger partial charge in [0.05, 0.1) is 18.2 Å². The van der Waals surface area contributed by atoms with Crippen molar-refractivity contribution in [3.05, 3.63) is 54.4 Å². The van der Waals surface area contributed by atoms with Gasteiger partial charge < -0.3 is 30.1 Å². The molecule has 4 atom stereocenters. The summed E-state index contributed by atoms with van der Waals surface area (Å²) in [7, 11) is 0. The minimum atomic E-state index is -1.46. The molecule has 12 nitrogen and oxygen atoms in total. The van der Waals surface area contributed by atoms with Gasteiger partial charge in [0.2, 0.25) is 5.95 Å². The van der Waals surface area contributed by atoms with Crippen LogP contribution in [0.5, 0.6) is 5.75 Å². The summed E-state index contributed by atoms with van der Waals surface area (Å²) in [6.45, 7) is 7.52. The number of piperidine rings is 1. The Bertz CT molecular complexity index is 1470. The largest absolute Gasteiger partial charge is 0.486 e. The highest BCUT2D eigenvalue weighted by molar-refractivity contribution is 5.80. The van der Waals surface area contributed by atoms with E-state index in [0.29, 0.717) is 23.9 Å². The molecule has 3 aromatic rings. The van der Waals surface area contributed by atoms with Crippen molar-refractivity contribution in [1.29, 1.82) is 5.26 Å². The number of benzene rings is 2. The van der Waals surface area contributed by atoms with Crippen LogP contribution in [0.1, 0.15) is 25.8 Å². The van der Waals surface area contributed by atoms with Crippen molar-refractivity contribution in [3.8, 4) is 23.2 Å². The van der Waals surface area contributed by atoms with Gasteiger partial charge in [-0.05, 0) is 56.3 Å². The number of aliphatic hydroxyl groups is 2. The summed E-state index contributed by atoms with van der Waals surface area (Å²) in [4.78, 5) is 30.9. The maximum atomic E-state index is 14.9. The van der Waals surface area contributed by atoms with E-state index in [1.807, 2.05) is 31.2 Å². The predicted octanol–water partition coefficient (Wildman–Crippen LogP) is 2.36. The van der Waals surface area contributed by atoms with E-state index in [2.05, 4.69) is 36.1 Å². The van der Waals surface area contributed by atoms with Gasteiger partial charge in [-0.15, -0.1) is 0 Å². The summed E-state index contributed by atoms with van der Waals surface area (Å²) in [5, 5.41) is 32.1. The van der Waals surface area contributed by atoms with Gasteiger partial charge in [-0.1, -0.05) is 0 Å². The van der Waals surface area contributed by atoms with Gasteiger partial charge in [0.1, 0.15) is 30.4 Å². The molecule has 2 aliphatic heterocycles. The maximum Gasteiger partial charge on any atom is 0.251 e. The van der Waals surface area contributed by atoms with E-state index in [1.165, 1.54) is 18.2 Å². The summed E-state index contributed by atoms with van der Waals surface area (Å²) < 4.78 is 20.7. The van der Waals surface area contributed by atoms with Crippen molar-refractivity contribution in [1.82, 2.24) is 24.8 Å². The Labute approximate surface area is 255 Å². The number of hydrogen-bond acceptors (Lipinski definition) is 11. The highest BCUT2D eigenvalue weighted by atomic mass is 19.1. The second-order valence-electron chi connectivity index (χ2n) is 11.2. The molecule has 232 valence electrons. The Hall–Kier alpha value is -4.38. The summed E-state index contributed by atoms with van der Waals surface area (Å²) in [6, 6.07) is 15.0. The molecule has 3 heterocycles. The lowest BCUT2D eigenvalue weighted by Gasteiger charge is -2.36. The first kappa shape index (κ1) is 31.1. The van der Waals surface area contributed by atoms with Crippen LogP contribution in [-0.2, 0) is 4.79 Å². The van der Waals surface area contributed by atoms with E-state index in [-0.39, 0.29) is 36.9 Å². The number of anilines is 3. The monoisotopic (exact) mass is 604 g/mol. The number of aliphatic hydroxyl groups excluding tert-OH is 2. The molecular weight excluding hydrogens is 567 g/mol. The molecule has 0 bridgehead atoms. The number of nitrogens with zero attached hydrogens (tertiary/aromatic N) is 7. The summed E-state index contributed by atoms with van der Waals surface area (Å²) in [5.41, 5.74) is 2.70. The predicted molar refractivity (Wildman–Crippen MR) is 162 cm³/mol. The second kappa shape index (κ2) is 13.9. The summed E-state index contributed by atoms with van der Waals surface area (Å²) in [5.74, 6) is 0.407. The van der Waals surface area contributed by atoms with Crippen molar-refractivity contribution in [3.63, 3.8) is 0 Å². The zero-order valence-corrected chi connectivity index (χ0v) is 24.8. The number of amides is 1. The number of aromatic nitrogens is 3. The molecule has 3 N–H and O–H groups in total. The van der Waals surface area contributed by atoms with Gasteiger partial charge >= 0.3 is 0 Å². The van der Waals surface area contributed by atoms with Gasteiger partial charge in [-0.2, -0.15) is 10.2 Å². The molecule has 1 amide bonds. The third-order valence-corrected chi connectivity index (χ3v) is 7.74. The number of rotatable bonds is 9. The van der Waals surface area contributed by atoms with E-state index in [9.17, 15) is 24.7 Å². The standard InChI is InChI=1S/C31H37FN8O4/c1-20(41)17-38-11-13-39(14-12-38)25-6-4-24(5-7-25)36-31-35-19-34-29(37-31)22-3-8-27(23(15-22)16-33)44-28-9-10-40(18-26(28)32)30(43)21(2)42/h3-8,15,19-21,26,28,41-42H,9-14,17-18H2,1-2H3,(H,34,35,36,37)/t20-,21-,26-,28-/m0/s1. The molecule has 2 aromatic carbocycles. The third-order valence-electron chi connectivity index (χ3n) is 7.74. The molecule has 13 heteroatoms. The van der Waals surface area contributed by atoms with Crippen molar-refractivity contribution in [2.45, 2.75) is 44.8 Å². The summed E-state index contributed by atoms with van der Waals surface area (Å²) in [6.07, 6.45) is -2.19. The number of nitriles is 1. The highest BCUT2D eigenvalue weighted by Crippen LogP contribution is 2.29. The van der Waals surface area contributed by atoms with Crippen LogP contribution in [0.3, 0.4) is 0 Å². The number of nitrogens with one attached hydrogen (secondary N) is 1. The molecule has 2 aliphatic rings. The average molecular weight is 605 g/mol. The number of halogens is 1. The zero-order valence-electron chi connectivity index (χ0n) is 24.8. The normalized spacial score (nSPS) is 20.5. The van der Waals surface area contributed by atoms with Crippen LogP contribution in [0, 0.1) is 11.3 Å². The van der Waals surface area contributed by atoms with Crippen LogP contribution in [0.15, 0.2) is 48.8 Å². The van der Waals surface area contributed by atoms with Gasteiger partial charge in [-0.25, -0.2) is 14.4 Å². The van der Waals surface area contributed by atoms with Crippen LogP contribution in [0.4, 0.5) is 21.7 Å². The first-order valence-corrected chi connectivity index (χ1v) is 14.7. The Morgan fingerprint density at radius 1 is 1.11 bits per heavy atom. The Morgan fingerprint density at radius 3 is 2.52 bits per heavy atom. The van der Waals surface area contributed by atoms with Gasteiger partial charge in [0.15, 0.2) is 12.0 Å². The first-order chi connectivity index (χ1) is 21.2. The van der Waals surface area contributed by atoms with Crippen LogP contribution in [-0.4, -0.2) is 111 Å². The Kier molecular flexibility index (Phi) is 9.84. The molecule has 44 heavy (non-hydrogen) atoms. The molecule has 5 rings (SSSR count). The van der Waals surface area contributed by atoms with Crippen LogP contribution in [0.2, 0.25) is 0 Å². The maximum absolute atomic E-state index is 14.9. The minimum absolute atomic E-state index is 0.181. The van der Waals surface area contributed by atoms with Gasteiger partial charge in [0, 0.05) is 62.6 Å². The van der Waals surface area contributed by atoms with Crippen molar-refractivity contribution in [2.75, 3.05) is 56.0 Å². The van der Waals surface area contributed by atoms with Gasteiger partial charge in [-0.3, -0.25) is 9.69 Å². The lowest BCUT2D eigenvalue weighted by Crippen LogP contribution is -2.51. The molecule has 0 unspecified atom stereocenters. The number of alkyl halides is 1. The van der Waals surface area contributed by atoms with Crippen molar-refractivity contribution in [2.24, 2.45) is 0 Å². The van der Waals surface area contributed by atoms with E-state index in [0.717, 1.165) is 37.6 Å². The topological polar surface area (TPSA) is 151 Å². The molecule has 0 saturated carbocycles. The van der Waals surface area contributed by atoms with E-state index >= 15 is 0 Å². The summed E-state index contributed by atoms with van der Waals surface area (Å²) >= 11 is 0. The number of piperazine rings is 1.